The van der Waals surface area contributed by atoms with Crippen molar-refractivity contribution in [2.24, 2.45) is 0 Å². The highest BCUT2D eigenvalue weighted by atomic mass is 16.6. The third-order valence-corrected chi connectivity index (χ3v) is 2.59. The summed E-state index contributed by atoms with van der Waals surface area (Å²) in [6, 6.07) is 8.34. The Morgan fingerprint density at radius 2 is 1.76 bits per heavy atom. The number of alkyl carbamates (subject to hydrolysis) is 1. The van der Waals surface area contributed by atoms with Crippen molar-refractivity contribution in [3.05, 3.63) is 48.0 Å². The van der Waals surface area contributed by atoms with Gasteiger partial charge in [0.25, 0.3) is 0 Å². The Morgan fingerprint density at radius 3 is 2.24 bits per heavy atom. The quantitative estimate of drug-likeness (QED) is 0.684. The van der Waals surface area contributed by atoms with Gasteiger partial charge in [-0.05, 0) is 26.3 Å². The van der Waals surface area contributed by atoms with Crippen molar-refractivity contribution in [2.45, 2.75) is 32.4 Å². The molecule has 0 unspecified atom stereocenters. The Bertz CT molecular complexity index is 517. The molecule has 0 fully saturated rings. The molecule has 1 rings (SSSR count). The second-order valence-electron chi connectivity index (χ2n) is 5.51. The minimum absolute atomic E-state index is 0.134. The molecule has 1 aromatic carbocycles. The minimum atomic E-state index is -0.700. The van der Waals surface area contributed by atoms with Crippen LogP contribution in [0.15, 0.2) is 42.5 Å². The zero-order valence-electron chi connectivity index (χ0n) is 12.8. The molecule has 21 heavy (non-hydrogen) atoms. The van der Waals surface area contributed by atoms with Gasteiger partial charge in [-0.25, -0.2) is 9.59 Å². The Hall–Kier alpha value is -2.30. The van der Waals surface area contributed by atoms with E-state index in [0.29, 0.717) is 0 Å². The van der Waals surface area contributed by atoms with Crippen LogP contribution in [0.5, 0.6) is 0 Å². The predicted molar refractivity (Wildman–Crippen MR) is 79.7 cm³/mol. The van der Waals surface area contributed by atoms with Crippen LogP contribution in [0.3, 0.4) is 0 Å². The Labute approximate surface area is 124 Å². The third kappa shape index (κ3) is 5.30. The second-order valence-corrected chi connectivity index (χ2v) is 5.51. The first-order valence-electron chi connectivity index (χ1n) is 6.56. The first kappa shape index (κ1) is 16.8. The van der Waals surface area contributed by atoms with E-state index in [1.807, 2.05) is 18.2 Å². The smallest absolute Gasteiger partial charge is 0.408 e. The largest absolute Gasteiger partial charge is 0.466 e. The van der Waals surface area contributed by atoms with Gasteiger partial charge in [-0.2, -0.15) is 0 Å². The molecular formula is C16H21NO4. The number of ether oxygens (including phenoxy) is 2. The maximum atomic E-state index is 11.9. The van der Waals surface area contributed by atoms with Crippen LogP contribution >= 0.6 is 0 Å². The summed E-state index contributed by atoms with van der Waals surface area (Å²) in [6.07, 6.45) is -0.624. The van der Waals surface area contributed by atoms with Crippen LogP contribution in [0.4, 0.5) is 4.79 Å². The van der Waals surface area contributed by atoms with Crippen LogP contribution in [-0.4, -0.2) is 24.8 Å². The first-order chi connectivity index (χ1) is 9.74. The lowest BCUT2D eigenvalue weighted by atomic mass is 10.00. The standard InChI is InChI=1S/C16H21NO4/c1-11(14(18)20-5)13(12-9-7-6-8-10-12)17-15(19)21-16(2,3)4/h6-10,13H,1H2,2-5H3,(H,17,19)/t13-/m1/s1. The SMILES string of the molecule is C=C(C(=O)OC)[C@@H](NC(=O)OC(C)(C)C)c1ccccc1. The Balaban J connectivity index is 2.96. The van der Waals surface area contributed by atoms with Gasteiger partial charge in [-0.15, -0.1) is 0 Å². The number of benzene rings is 1. The van der Waals surface area contributed by atoms with Crippen LogP contribution < -0.4 is 5.32 Å². The summed E-state index contributed by atoms with van der Waals surface area (Å²) in [4.78, 5) is 23.6. The van der Waals surface area contributed by atoms with Crippen LogP contribution in [0.1, 0.15) is 32.4 Å². The molecule has 0 bridgehead atoms. The third-order valence-electron chi connectivity index (χ3n) is 2.59. The summed E-state index contributed by atoms with van der Waals surface area (Å²) in [6.45, 7) is 9.00. The molecule has 0 aromatic heterocycles. The molecule has 0 radical (unpaired) electrons. The van der Waals surface area contributed by atoms with Crippen molar-refractivity contribution in [1.29, 1.82) is 0 Å². The van der Waals surface area contributed by atoms with E-state index in [-0.39, 0.29) is 5.57 Å². The number of carbonyl (C=O) groups excluding carboxylic acids is 2. The summed E-state index contributed by atoms with van der Waals surface area (Å²) in [5.41, 5.74) is 0.228. The van der Waals surface area contributed by atoms with E-state index in [2.05, 4.69) is 16.6 Å². The summed E-state index contributed by atoms with van der Waals surface area (Å²) in [7, 11) is 1.27. The number of methoxy groups -OCH3 is 1. The number of nitrogens with one attached hydrogen (secondary N) is 1. The molecular weight excluding hydrogens is 270 g/mol. The zero-order valence-corrected chi connectivity index (χ0v) is 12.8. The molecule has 0 heterocycles. The van der Waals surface area contributed by atoms with Gasteiger partial charge in [0.1, 0.15) is 5.60 Å². The molecule has 0 saturated carbocycles. The normalized spacial score (nSPS) is 12.2. The monoisotopic (exact) mass is 291 g/mol. The number of esters is 1. The van der Waals surface area contributed by atoms with Crippen molar-refractivity contribution in [3.63, 3.8) is 0 Å². The lowest BCUT2D eigenvalue weighted by Gasteiger charge is -2.24. The second kappa shape index (κ2) is 6.92. The van der Waals surface area contributed by atoms with Crippen molar-refractivity contribution in [3.8, 4) is 0 Å². The lowest BCUT2D eigenvalue weighted by Crippen LogP contribution is -2.36. The lowest BCUT2D eigenvalue weighted by molar-refractivity contribution is -0.136. The zero-order chi connectivity index (χ0) is 16.0. The molecule has 1 amide bonds. The van der Waals surface area contributed by atoms with Gasteiger partial charge < -0.3 is 14.8 Å². The van der Waals surface area contributed by atoms with E-state index in [1.54, 1.807) is 32.9 Å². The number of hydrogen-bond acceptors (Lipinski definition) is 4. The number of amides is 1. The van der Waals surface area contributed by atoms with Gasteiger partial charge in [-0.1, -0.05) is 36.9 Å². The molecule has 114 valence electrons. The van der Waals surface area contributed by atoms with Gasteiger partial charge >= 0.3 is 12.1 Å². The summed E-state index contributed by atoms with van der Waals surface area (Å²) in [5, 5.41) is 2.64. The fourth-order valence-corrected chi connectivity index (χ4v) is 1.69. The molecule has 0 saturated heterocycles. The summed E-state index contributed by atoms with van der Waals surface area (Å²) in [5.74, 6) is -0.583. The van der Waals surface area contributed by atoms with E-state index < -0.39 is 23.7 Å². The van der Waals surface area contributed by atoms with Crippen LogP contribution in [0, 0.1) is 0 Å². The topological polar surface area (TPSA) is 64.6 Å². The molecule has 0 aliphatic heterocycles. The van der Waals surface area contributed by atoms with Gasteiger partial charge in [-0.3, -0.25) is 0 Å². The molecule has 5 nitrogen and oxygen atoms in total. The average molecular weight is 291 g/mol. The molecule has 5 heteroatoms. The van der Waals surface area contributed by atoms with Crippen LogP contribution in [-0.2, 0) is 14.3 Å². The van der Waals surface area contributed by atoms with E-state index in [4.69, 9.17) is 4.74 Å². The van der Waals surface area contributed by atoms with Gasteiger partial charge in [0.15, 0.2) is 0 Å². The Kier molecular flexibility index (Phi) is 5.52. The van der Waals surface area contributed by atoms with Gasteiger partial charge in [0.2, 0.25) is 0 Å². The maximum absolute atomic E-state index is 11.9. The molecule has 0 aliphatic carbocycles. The van der Waals surface area contributed by atoms with Crippen molar-refractivity contribution < 1.29 is 19.1 Å². The van der Waals surface area contributed by atoms with E-state index in [1.165, 1.54) is 7.11 Å². The number of carbonyl (C=O) groups is 2. The van der Waals surface area contributed by atoms with E-state index in [9.17, 15) is 9.59 Å². The minimum Gasteiger partial charge on any atom is -0.466 e. The van der Waals surface area contributed by atoms with Crippen LogP contribution in [0.25, 0.3) is 0 Å². The van der Waals surface area contributed by atoms with Crippen molar-refractivity contribution in [1.82, 2.24) is 5.32 Å². The number of rotatable bonds is 4. The maximum Gasteiger partial charge on any atom is 0.408 e. The predicted octanol–water partition coefficient (Wildman–Crippen LogP) is 2.98. The summed E-state index contributed by atoms with van der Waals surface area (Å²) >= 11 is 0. The van der Waals surface area contributed by atoms with E-state index in [0.717, 1.165) is 5.56 Å². The van der Waals surface area contributed by atoms with Crippen LogP contribution in [0.2, 0.25) is 0 Å². The molecule has 1 aromatic rings. The highest BCUT2D eigenvalue weighted by Crippen LogP contribution is 2.22. The van der Waals surface area contributed by atoms with Crippen molar-refractivity contribution >= 4 is 12.1 Å². The van der Waals surface area contributed by atoms with Gasteiger partial charge in [0, 0.05) is 0 Å². The molecule has 1 atom stereocenters. The molecule has 1 N–H and O–H groups in total. The average Bonchev–Trinajstić information content (AvgIpc) is 2.42. The molecule has 0 spiro atoms. The fourth-order valence-electron chi connectivity index (χ4n) is 1.69. The highest BCUT2D eigenvalue weighted by Gasteiger charge is 2.25. The number of hydrogen-bond donors (Lipinski definition) is 1. The molecule has 0 aliphatic rings. The Morgan fingerprint density at radius 1 is 1.19 bits per heavy atom. The van der Waals surface area contributed by atoms with Gasteiger partial charge in [0.05, 0.1) is 18.7 Å². The van der Waals surface area contributed by atoms with Crippen molar-refractivity contribution in [2.75, 3.05) is 7.11 Å². The first-order valence-corrected chi connectivity index (χ1v) is 6.56. The highest BCUT2D eigenvalue weighted by molar-refractivity contribution is 5.90. The fraction of sp³-hybridized carbons (Fsp3) is 0.375. The van der Waals surface area contributed by atoms with E-state index >= 15 is 0 Å². The summed E-state index contributed by atoms with van der Waals surface area (Å²) < 4.78 is 9.88.